The lowest BCUT2D eigenvalue weighted by Crippen LogP contribution is -2.17. The van der Waals surface area contributed by atoms with Crippen molar-refractivity contribution in [2.45, 2.75) is 6.18 Å². The van der Waals surface area contributed by atoms with Crippen LogP contribution in [-0.4, -0.2) is 15.9 Å². The molecule has 2 aromatic rings. The van der Waals surface area contributed by atoms with Crippen LogP contribution in [0.4, 0.5) is 18.9 Å². The maximum absolute atomic E-state index is 12.9. The minimum absolute atomic E-state index is 0.0639. The molecule has 110 valence electrons. The zero-order valence-corrected chi connectivity index (χ0v) is 11.6. The van der Waals surface area contributed by atoms with Crippen molar-refractivity contribution in [3.05, 3.63) is 52.0 Å². The summed E-state index contributed by atoms with van der Waals surface area (Å²) in [7, 11) is 0. The average Bonchev–Trinajstić information content (AvgIpc) is 2.40. The predicted molar refractivity (Wildman–Crippen MR) is 71.4 cm³/mol. The molecule has 0 aliphatic carbocycles. The van der Waals surface area contributed by atoms with Gasteiger partial charge in [0.25, 0.3) is 5.91 Å². The first-order valence-electron chi connectivity index (χ1n) is 5.43. The quantitative estimate of drug-likeness (QED) is 0.900. The van der Waals surface area contributed by atoms with Crippen LogP contribution in [0.3, 0.4) is 0 Å². The summed E-state index contributed by atoms with van der Waals surface area (Å²) in [5.74, 6) is -0.841. The van der Waals surface area contributed by atoms with Crippen molar-refractivity contribution in [2.75, 3.05) is 5.32 Å². The molecule has 9 heteroatoms. The molecule has 4 nitrogen and oxygen atoms in total. The molecule has 0 saturated carbocycles. The van der Waals surface area contributed by atoms with Gasteiger partial charge in [-0.15, -0.1) is 0 Å². The predicted octanol–water partition coefficient (Wildman–Crippen LogP) is 4.05. The largest absolute Gasteiger partial charge is 0.418 e. The first-order chi connectivity index (χ1) is 9.77. The number of nitrogens with one attached hydrogen (secondary N) is 1. The number of alkyl halides is 3. The third-order valence-corrected chi connectivity index (χ3v) is 2.82. The second-order valence-electron chi connectivity index (χ2n) is 3.87. The first kappa shape index (κ1) is 15.5. The highest BCUT2D eigenvalue weighted by atomic mass is 35.5. The summed E-state index contributed by atoms with van der Waals surface area (Å²) in [6, 6.07) is 3.02. The number of benzene rings is 1. The van der Waals surface area contributed by atoms with Gasteiger partial charge in [0.05, 0.1) is 23.6 Å². The highest BCUT2D eigenvalue weighted by molar-refractivity contribution is 6.30. The summed E-state index contributed by atoms with van der Waals surface area (Å²) >= 11 is 11.1. The molecular formula is C12H6Cl2F3N3O. The van der Waals surface area contributed by atoms with E-state index in [2.05, 4.69) is 15.3 Å². The normalized spacial score (nSPS) is 11.3. The van der Waals surface area contributed by atoms with Crippen molar-refractivity contribution >= 4 is 34.8 Å². The Balaban J connectivity index is 2.31. The Morgan fingerprint density at radius 1 is 1.14 bits per heavy atom. The van der Waals surface area contributed by atoms with E-state index in [0.717, 1.165) is 24.5 Å². The molecule has 1 heterocycles. The maximum Gasteiger partial charge on any atom is 0.418 e. The van der Waals surface area contributed by atoms with Gasteiger partial charge in [0.15, 0.2) is 0 Å². The number of rotatable bonds is 2. The number of hydrogen-bond donors (Lipinski definition) is 1. The van der Waals surface area contributed by atoms with Gasteiger partial charge in [0.2, 0.25) is 0 Å². The lowest BCUT2D eigenvalue weighted by Gasteiger charge is -2.13. The molecular weight excluding hydrogens is 330 g/mol. The van der Waals surface area contributed by atoms with Gasteiger partial charge in [0.1, 0.15) is 10.8 Å². The Hall–Kier alpha value is -1.86. The van der Waals surface area contributed by atoms with Gasteiger partial charge in [-0.2, -0.15) is 13.2 Å². The van der Waals surface area contributed by atoms with Gasteiger partial charge in [-0.1, -0.05) is 23.2 Å². The zero-order valence-electron chi connectivity index (χ0n) is 10.1. The van der Waals surface area contributed by atoms with Crippen LogP contribution in [-0.2, 0) is 6.18 Å². The van der Waals surface area contributed by atoms with Crippen molar-refractivity contribution in [1.82, 2.24) is 9.97 Å². The SMILES string of the molecule is O=C(Nc1ccc(Cl)cc1C(F)(F)F)c1cnc(Cl)cn1. The second kappa shape index (κ2) is 5.87. The molecule has 0 aliphatic heterocycles. The molecule has 0 bridgehead atoms. The number of hydrogen-bond acceptors (Lipinski definition) is 3. The van der Waals surface area contributed by atoms with Crippen LogP contribution >= 0.6 is 23.2 Å². The number of amides is 1. The summed E-state index contributed by atoms with van der Waals surface area (Å²) in [6.07, 6.45) is -2.48. The molecule has 0 fully saturated rings. The highest BCUT2D eigenvalue weighted by Crippen LogP contribution is 2.36. The zero-order chi connectivity index (χ0) is 15.6. The van der Waals surface area contributed by atoms with Crippen molar-refractivity contribution in [2.24, 2.45) is 0 Å². The number of carbonyl (C=O) groups is 1. The number of halogens is 5. The Bertz CT molecular complexity index is 674. The van der Waals surface area contributed by atoms with Crippen LogP contribution in [0.15, 0.2) is 30.6 Å². The number of anilines is 1. The van der Waals surface area contributed by atoms with Crippen molar-refractivity contribution in [3.63, 3.8) is 0 Å². The Labute approximate surface area is 126 Å². The third kappa shape index (κ3) is 3.83. The minimum atomic E-state index is -4.65. The van der Waals surface area contributed by atoms with E-state index in [9.17, 15) is 18.0 Å². The Morgan fingerprint density at radius 3 is 2.43 bits per heavy atom. The Kier molecular flexibility index (Phi) is 4.34. The van der Waals surface area contributed by atoms with Crippen molar-refractivity contribution in [3.8, 4) is 0 Å². The standard InChI is InChI=1S/C12H6Cl2F3N3O/c13-6-1-2-8(7(3-6)12(15,16)17)20-11(21)9-4-19-10(14)5-18-9/h1-5H,(H,20,21). The number of nitrogens with zero attached hydrogens (tertiary/aromatic N) is 2. The summed E-state index contributed by atoms with van der Waals surface area (Å²) < 4.78 is 38.6. The van der Waals surface area contributed by atoms with Crippen LogP contribution < -0.4 is 5.32 Å². The summed E-state index contributed by atoms with van der Waals surface area (Å²) in [5.41, 5.74) is -1.64. The lowest BCUT2D eigenvalue weighted by atomic mass is 10.1. The smallest absolute Gasteiger partial charge is 0.320 e. The molecule has 21 heavy (non-hydrogen) atoms. The molecule has 0 atom stereocenters. The summed E-state index contributed by atoms with van der Waals surface area (Å²) in [4.78, 5) is 19.1. The number of aromatic nitrogens is 2. The second-order valence-corrected chi connectivity index (χ2v) is 4.69. The monoisotopic (exact) mass is 335 g/mol. The number of carbonyl (C=O) groups excluding carboxylic acids is 1. The molecule has 1 aromatic heterocycles. The molecule has 2 rings (SSSR count). The van der Waals surface area contributed by atoms with Crippen molar-refractivity contribution < 1.29 is 18.0 Å². The van der Waals surface area contributed by atoms with Gasteiger partial charge >= 0.3 is 6.18 Å². The minimum Gasteiger partial charge on any atom is -0.320 e. The van der Waals surface area contributed by atoms with Crippen LogP contribution in [0.5, 0.6) is 0 Å². The van der Waals surface area contributed by atoms with Crippen LogP contribution in [0.1, 0.15) is 16.1 Å². The average molecular weight is 336 g/mol. The van der Waals surface area contributed by atoms with E-state index in [1.54, 1.807) is 0 Å². The molecule has 0 unspecified atom stereocenters. The van der Waals surface area contributed by atoms with E-state index in [0.29, 0.717) is 0 Å². The van der Waals surface area contributed by atoms with E-state index in [-0.39, 0.29) is 15.9 Å². The van der Waals surface area contributed by atoms with E-state index in [4.69, 9.17) is 23.2 Å². The van der Waals surface area contributed by atoms with E-state index in [1.165, 1.54) is 6.07 Å². The lowest BCUT2D eigenvalue weighted by molar-refractivity contribution is -0.136. The molecule has 0 spiro atoms. The molecule has 1 amide bonds. The maximum atomic E-state index is 12.9. The van der Waals surface area contributed by atoms with Gasteiger partial charge < -0.3 is 5.32 Å². The highest BCUT2D eigenvalue weighted by Gasteiger charge is 2.34. The van der Waals surface area contributed by atoms with Crippen LogP contribution in [0.2, 0.25) is 10.2 Å². The van der Waals surface area contributed by atoms with Gasteiger partial charge in [-0.3, -0.25) is 4.79 Å². The fraction of sp³-hybridized carbons (Fsp3) is 0.0833. The summed E-state index contributed by atoms with van der Waals surface area (Å²) in [6.45, 7) is 0. The first-order valence-corrected chi connectivity index (χ1v) is 6.18. The molecule has 0 aliphatic rings. The van der Waals surface area contributed by atoms with Gasteiger partial charge in [-0.25, -0.2) is 9.97 Å². The summed E-state index contributed by atoms with van der Waals surface area (Å²) in [5, 5.41) is 2.09. The van der Waals surface area contributed by atoms with E-state index in [1.807, 2.05) is 0 Å². The van der Waals surface area contributed by atoms with E-state index < -0.39 is 23.3 Å². The topological polar surface area (TPSA) is 54.9 Å². The third-order valence-electron chi connectivity index (χ3n) is 2.39. The van der Waals surface area contributed by atoms with Gasteiger partial charge in [-0.05, 0) is 18.2 Å². The molecule has 1 N–H and O–H groups in total. The fourth-order valence-corrected chi connectivity index (χ4v) is 1.75. The van der Waals surface area contributed by atoms with Crippen molar-refractivity contribution in [1.29, 1.82) is 0 Å². The fourth-order valence-electron chi connectivity index (χ4n) is 1.48. The molecule has 0 radical (unpaired) electrons. The molecule has 0 saturated heterocycles. The van der Waals surface area contributed by atoms with Gasteiger partial charge in [0, 0.05) is 5.02 Å². The van der Waals surface area contributed by atoms with Crippen LogP contribution in [0, 0.1) is 0 Å². The van der Waals surface area contributed by atoms with E-state index >= 15 is 0 Å². The Morgan fingerprint density at radius 2 is 1.86 bits per heavy atom. The molecule has 1 aromatic carbocycles. The van der Waals surface area contributed by atoms with Crippen LogP contribution in [0.25, 0.3) is 0 Å².